The fourth-order valence-electron chi connectivity index (χ4n) is 2.22. The highest BCUT2D eigenvalue weighted by Crippen LogP contribution is 2.30. The molecule has 0 radical (unpaired) electrons. The van der Waals surface area contributed by atoms with Crippen LogP contribution in [0.4, 0.5) is 0 Å². The van der Waals surface area contributed by atoms with Crippen molar-refractivity contribution in [3.63, 3.8) is 0 Å². The quantitative estimate of drug-likeness (QED) is 0.657. The van der Waals surface area contributed by atoms with E-state index in [9.17, 15) is 9.59 Å². The lowest BCUT2D eigenvalue weighted by molar-refractivity contribution is -0.143. The number of carbonyl (C=O) groups excluding carboxylic acids is 2. The predicted molar refractivity (Wildman–Crippen MR) is 57.4 cm³/mol. The Morgan fingerprint density at radius 1 is 1.53 bits per heavy atom. The number of ether oxygens (including phenoxy) is 1. The smallest absolute Gasteiger partial charge is 0.305 e. The molecular weight excluding hydrogens is 192 g/mol. The summed E-state index contributed by atoms with van der Waals surface area (Å²) in [5.41, 5.74) is 0. The Morgan fingerprint density at radius 3 is 2.80 bits per heavy atom. The average molecular weight is 212 g/mol. The van der Waals surface area contributed by atoms with E-state index in [0.29, 0.717) is 24.7 Å². The van der Waals surface area contributed by atoms with Gasteiger partial charge in [0.25, 0.3) is 0 Å². The molecule has 0 N–H and O–H groups in total. The van der Waals surface area contributed by atoms with E-state index in [4.69, 9.17) is 4.74 Å². The van der Waals surface area contributed by atoms with Crippen molar-refractivity contribution in [3.8, 4) is 0 Å². The van der Waals surface area contributed by atoms with E-state index >= 15 is 0 Å². The molecule has 3 heteroatoms. The third-order valence-corrected chi connectivity index (χ3v) is 2.93. The normalized spacial score (nSPS) is 25.6. The monoisotopic (exact) mass is 212 g/mol. The van der Waals surface area contributed by atoms with Crippen molar-refractivity contribution < 1.29 is 14.3 Å². The van der Waals surface area contributed by atoms with Gasteiger partial charge in [-0.05, 0) is 32.1 Å². The van der Waals surface area contributed by atoms with Crippen LogP contribution in [0.5, 0.6) is 0 Å². The summed E-state index contributed by atoms with van der Waals surface area (Å²) in [7, 11) is 0. The first-order chi connectivity index (χ1) is 7.13. The van der Waals surface area contributed by atoms with Gasteiger partial charge in [0.05, 0.1) is 6.61 Å². The van der Waals surface area contributed by atoms with Crippen molar-refractivity contribution in [1.82, 2.24) is 0 Å². The van der Waals surface area contributed by atoms with Crippen LogP contribution in [0.2, 0.25) is 0 Å². The Kier molecular flexibility index (Phi) is 4.79. The van der Waals surface area contributed by atoms with Gasteiger partial charge in [-0.2, -0.15) is 0 Å². The van der Waals surface area contributed by atoms with Gasteiger partial charge in [0.1, 0.15) is 5.78 Å². The first-order valence-corrected chi connectivity index (χ1v) is 5.81. The molecule has 0 heterocycles. The van der Waals surface area contributed by atoms with Crippen LogP contribution in [0.1, 0.15) is 46.0 Å². The maximum Gasteiger partial charge on any atom is 0.305 e. The summed E-state index contributed by atoms with van der Waals surface area (Å²) in [4.78, 5) is 22.5. The molecule has 0 bridgehead atoms. The zero-order chi connectivity index (χ0) is 11.3. The van der Waals surface area contributed by atoms with Gasteiger partial charge >= 0.3 is 5.97 Å². The number of ketones is 1. The minimum atomic E-state index is -0.143. The maximum absolute atomic E-state index is 11.5. The van der Waals surface area contributed by atoms with Gasteiger partial charge in [-0.3, -0.25) is 9.59 Å². The second-order valence-electron chi connectivity index (χ2n) is 4.41. The molecule has 1 saturated carbocycles. The second-order valence-corrected chi connectivity index (χ2v) is 4.41. The van der Waals surface area contributed by atoms with Crippen LogP contribution in [0.3, 0.4) is 0 Å². The van der Waals surface area contributed by atoms with Crippen molar-refractivity contribution in [2.24, 2.45) is 11.8 Å². The zero-order valence-electron chi connectivity index (χ0n) is 9.62. The predicted octanol–water partition coefficient (Wildman–Crippen LogP) is 2.33. The van der Waals surface area contributed by atoms with Gasteiger partial charge < -0.3 is 4.74 Å². The topological polar surface area (TPSA) is 43.4 Å². The second kappa shape index (κ2) is 5.89. The molecule has 15 heavy (non-hydrogen) atoms. The molecule has 1 aliphatic carbocycles. The molecule has 0 spiro atoms. The SMILES string of the molecule is CCOC(=O)CCCC1CC(C)CC1=O. The molecule has 2 atom stereocenters. The Morgan fingerprint density at radius 2 is 2.27 bits per heavy atom. The summed E-state index contributed by atoms with van der Waals surface area (Å²) in [5, 5.41) is 0. The molecule has 1 aliphatic rings. The van der Waals surface area contributed by atoms with Crippen molar-refractivity contribution in [3.05, 3.63) is 0 Å². The molecule has 1 fully saturated rings. The third-order valence-electron chi connectivity index (χ3n) is 2.93. The first kappa shape index (κ1) is 12.2. The molecule has 0 saturated heterocycles. The molecule has 0 aromatic heterocycles. The van der Waals surface area contributed by atoms with E-state index in [1.54, 1.807) is 6.92 Å². The van der Waals surface area contributed by atoms with E-state index < -0.39 is 0 Å². The Balaban J connectivity index is 2.15. The molecule has 86 valence electrons. The zero-order valence-corrected chi connectivity index (χ0v) is 9.62. The maximum atomic E-state index is 11.5. The van der Waals surface area contributed by atoms with Crippen LogP contribution in [0.25, 0.3) is 0 Å². The lowest BCUT2D eigenvalue weighted by Gasteiger charge is -2.07. The minimum absolute atomic E-state index is 0.143. The van der Waals surface area contributed by atoms with Crippen LogP contribution in [-0.4, -0.2) is 18.4 Å². The summed E-state index contributed by atoms with van der Waals surface area (Å²) in [5.74, 6) is 0.974. The number of hydrogen-bond acceptors (Lipinski definition) is 3. The molecule has 0 amide bonds. The fraction of sp³-hybridized carbons (Fsp3) is 0.833. The van der Waals surface area contributed by atoms with E-state index in [1.807, 2.05) is 0 Å². The number of Topliss-reactive ketones (excluding diaryl/α,β-unsaturated/α-hetero) is 1. The number of carbonyl (C=O) groups is 2. The Labute approximate surface area is 91.2 Å². The van der Waals surface area contributed by atoms with Crippen LogP contribution in [0.15, 0.2) is 0 Å². The van der Waals surface area contributed by atoms with Gasteiger partial charge in [-0.25, -0.2) is 0 Å². The van der Waals surface area contributed by atoms with Crippen LogP contribution >= 0.6 is 0 Å². The highest BCUT2D eigenvalue weighted by atomic mass is 16.5. The lowest BCUT2D eigenvalue weighted by Crippen LogP contribution is -2.08. The van der Waals surface area contributed by atoms with Gasteiger partial charge in [-0.1, -0.05) is 6.92 Å². The van der Waals surface area contributed by atoms with Gasteiger partial charge in [-0.15, -0.1) is 0 Å². The highest BCUT2D eigenvalue weighted by molar-refractivity contribution is 5.83. The van der Waals surface area contributed by atoms with Crippen LogP contribution < -0.4 is 0 Å². The number of rotatable bonds is 5. The summed E-state index contributed by atoms with van der Waals surface area (Å²) in [6.07, 6.45) is 3.81. The standard InChI is InChI=1S/C12H20O3/c1-3-15-12(14)6-4-5-10-7-9(2)8-11(10)13/h9-10H,3-8H2,1-2H3. The average Bonchev–Trinajstić information content (AvgIpc) is 2.46. The van der Waals surface area contributed by atoms with Crippen LogP contribution in [0, 0.1) is 11.8 Å². The van der Waals surface area contributed by atoms with E-state index in [-0.39, 0.29) is 11.9 Å². The highest BCUT2D eigenvalue weighted by Gasteiger charge is 2.29. The first-order valence-electron chi connectivity index (χ1n) is 5.81. The molecule has 0 aromatic carbocycles. The summed E-state index contributed by atoms with van der Waals surface area (Å²) in [6, 6.07) is 0. The largest absolute Gasteiger partial charge is 0.466 e. The Bertz CT molecular complexity index is 235. The molecular formula is C12H20O3. The summed E-state index contributed by atoms with van der Waals surface area (Å²) < 4.78 is 4.83. The Hall–Kier alpha value is -0.860. The minimum Gasteiger partial charge on any atom is -0.466 e. The summed E-state index contributed by atoms with van der Waals surface area (Å²) in [6.45, 7) is 4.36. The number of esters is 1. The lowest BCUT2D eigenvalue weighted by atomic mass is 9.99. The number of hydrogen-bond donors (Lipinski definition) is 0. The molecule has 3 nitrogen and oxygen atoms in total. The van der Waals surface area contributed by atoms with E-state index in [2.05, 4.69) is 6.92 Å². The van der Waals surface area contributed by atoms with Gasteiger partial charge in [0.2, 0.25) is 0 Å². The van der Waals surface area contributed by atoms with Crippen molar-refractivity contribution >= 4 is 11.8 Å². The van der Waals surface area contributed by atoms with E-state index in [1.165, 1.54) is 0 Å². The van der Waals surface area contributed by atoms with Crippen molar-refractivity contribution in [1.29, 1.82) is 0 Å². The van der Waals surface area contributed by atoms with Crippen molar-refractivity contribution in [2.45, 2.75) is 46.0 Å². The molecule has 1 rings (SSSR count). The molecule has 0 aliphatic heterocycles. The third kappa shape index (κ3) is 4.02. The van der Waals surface area contributed by atoms with Crippen molar-refractivity contribution in [2.75, 3.05) is 6.61 Å². The van der Waals surface area contributed by atoms with Gasteiger partial charge in [0, 0.05) is 18.8 Å². The van der Waals surface area contributed by atoms with Gasteiger partial charge in [0.15, 0.2) is 0 Å². The molecule has 0 aromatic rings. The molecule has 2 unspecified atom stereocenters. The summed E-state index contributed by atoms with van der Waals surface area (Å²) >= 11 is 0. The van der Waals surface area contributed by atoms with E-state index in [0.717, 1.165) is 25.7 Å². The van der Waals surface area contributed by atoms with Crippen LogP contribution in [-0.2, 0) is 14.3 Å². The fourth-order valence-corrected chi connectivity index (χ4v) is 2.22.